The van der Waals surface area contributed by atoms with Crippen molar-refractivity contribution in [1.29, 1.82) is 0 Å². The quantitative estimate of drug-likeness (QED) is 0.0392. The van der Waals surface area contributed by atoms with E-state index in [9.17, 15) is 91.9 Å². The van der Waals surface area contributed by atoms with Crippen LogP contribution in [0, 0.1) is 50.2 Å². The maximum absolute atomic E-state index is 15.4. The first-order chi connectivity index (χ1) is 45.1. The van der Waals surface area contributed by atoms with E-state index in [4.69, 9.17) is 56.8 Å². The summed E-state index contributed by atoms with van der Waals surface area (Å²) in [4.78, 5) is 15.4. The van der Waals surface area contributed by atoms with Crippen LogP contribution in [0.4, 0.5) is 0 Å². The van der Waals surface area contributed by atoms with E-state index < -0.39 is 238 Å². The Morgan fingerprint density at radius 2 is 1.03 bits per heavy atom. The normalized spacial score (nSPS) is 54.1. The molecule has 31 nitrogen and oxygen atoms in total. The van der Waals surface area contributed by atoms with Gasteiger partial charge in [0.25, 0.3) is 0 Å². The maximum atomic E-state index is 15.4. The highest BCUT2D eigenvalue weighted by Gasteiger charge is 2.72. The lowest BCUT2D eigenvalue weighted by molar-refractivity contribution is -0.380. The molecule has 0 radical (unpaired) electrons. The zero-order chi connectivity index (χ0) is 70.0. The van der Waals surface area contributed by atoms with Crippen LogP contribution in [0.5, 0.6) is 0 Å². The van der Waals surface area contributed by atoms with Gasteiger partial charge in [-0.3, -0.25) is 4.79 Å². The lowest BCUT2D eigenvalue weighted by atomic mass is 9.33. The first-order valence-electron chi connectivity index (χ1n) is 34.1. The van der Waals surface area contributed by atoms with E-state index in [-0.39, 0.29) is 42.3 Å². The Bertz CT molecular complexity index is 2690. The fourth-order valence-corrected chi connectivity index (χ4v) is 19.1. The van der Waals surface area contributed by atoms with Crippen LogP contribution in [0.2, 0.25) is 0 Å². The molecule has 0 aromatic heterocycles. The molecular weight excluding hydrogens is 1280 g/mol. The Morgan fingerprint density at radius 1 is 0.500 bits per heavy atom. The van der Waals surface area contributed by atoms with E-state index in [1.165, 1.54) is 13.8 Å². The molecule has 6 heterocycles. The summed E-state index contributed by atoms with van der Waals surface area (Å²) in [5.74, 6) is -1.16. The van der Waals surface area contributed by atoms with Gasteiger partial charge in [-0.2, -0.15) is 0 Å². The molecule has 11 rings (SSSR count). The Morgan fingerprint density at radius 3 is 1.64 bits per heavy atom. The van der Waals surface area contributed by atoms with E-state index in [0.29, 0.717) is 57.8 Å². The minimum absolute atomic E-state index is 0.000693. The topological polar surface area (TPSA) is 492 Å². The molecule has 0 amide bonds. The van der Waals surface area contributed by atoms with Crippen molar-refractivity contribution in [2.75, 3.05) is 33.0 Å². The van der Waals surface area contributed by atoms with Gasteiger partial charge in [0.2, 0.25) is 6.29 Å². The molecule has 37 unspecified atom stereocenters. The highest BCUT2D eigenvalue weighted by atomic mass is 16.8. The van der Waals surface area contributed by atoms with Crippen LogP contribution in [-0.2, 0) is 61.6 Å². The number of hydrogen-bond donors (Lipinski definition) is 18. The van der Waals surface area contributed by atoms with Crippen molar-refractivity contribution in [3.8, 4) is 0 Å². The fourth-order valence-electron chi connectivity index (χ4n) is 19.1. The van der Waals surface area contributed by atoms with Crippen LogP contribution in [0.1, 0.15) is 120 Å². The Kier molecular flexibility index (Phi) is 22.1. The molecule has 0 aromatic rings. The number of hydrogen-bond acceptors (Lipinski definition) is 31. The average Bonchev–Trinajstić information content (AvgIpc) is 0.673. The SMILES string of the molecule is CC1OC(OC2C(CO)OC(OCC3OC(OC(=O)C45CCC(C)(C)CC4C4=CCC6C7(C)CCC(OC8OCC(OC9OC(CO)C(O)C(O)C9O)C(O)C8OC8OC(C)C(O)C(O)C8O)C(C)(C)C7CCC6(C)C4(CO)CC5)C(O)C(O)C3O)C(O)C2O)C(O)C(O)C1O. The number of aliphatic hydroxyl groups is 18. The predicted molar refractivity (Wildman–Crippen MR) is 321 cm³/mol. The first-order valence-corrected chi connectivity index (χ1v) is 34.1. The van der Waals surface area contributed by atoms with Crippen molar-refractivity contribution in [3.05, 3.63) is 11.6 Å². The molecule has 96 heavy (non-hydrogen) atoms. The van der Waals surface area contributed by atoms with Gasteiger partial charge in [-0.05, 0) is 117 Å². The second-order valence-corrected chi connectivity index (χ2v) is 31.4. The third-order valence-corrected chi connectivity index (χ3v) is 25.1. The monoisotopic (exact) mass is 1380 g/mol. The molecule has 10 fully saturated rings. The van der Waals surface area contributed by atoms with Crippen LogP contribution in [0.3, 0.4) is 0 Å². The minimum atomic E-state index is -1.95. The zero-order valence-electron chi connectivity index (χ0n) is 55.6. The summed E-state index contributed by atoms with van der Waals surface area (Å²) in [6, 6.07) is 0. The van der Waals surface area contributed by atoms with E-state index in [1.54, 1.807) is 0 Å². The van der Waals surface area contributed by atoms with Crippen molar-refractivity contribution < 1.29 is 154 Å². The summed E-state index contributed by atoms with van der Waals surface area (Å²) in [6.45, 7) is 13.1. The zero-order valence-corrected chi connectivity index (χ0v) is 55.6. The van der Waals surface area contributed by atoms with Crippen LogP contribution < -0.4 is 0 Å². The number of carbonyl (C=O) groups excluding carboxylic acids is 1. The van der Waals surface area contributed by atoms with Crippen molar-refractivity contribution in [3.63, 3.8) is 0 Å². The third-order valence-electron chi connectivity index (χ3n) is 25.1. The highest BCUT2D eigenvalue weighted by molar-refractivity contribution is 5.79. The van der Waals surface area contributed by atoms with Gasteiger partial charge in [0.1, 0.15) is 128 Å². The molecule has 4 saturated carbocycles. The molecule has 6 aliphatic heterocycles. The lowest BCUT2D eigenvalue weighted by Crippen LogP contribution is -2.67. The number of esters is 1. The van der Waals surface area contributed by atoms with Gasteiger partial charge < -0.3 is 149 Å². The predicted octanol–water partition coefficient (Wildman–Crippen LogP) is -4.72. The molecule has 5 aliphatic carbocycles. The van der Waals surface area contributed by atoms with Gasteiger partial charge in [-0.25, -0.2) is 0 Å². The molecule has 0 bridgehead atoms. The highest BCUT2D eigenvalue weighted by Crippen LogP contribution is 2.76. The summed E-state index contributed by atoms with van der Waals surface area (Å²) in [7, 11) is 0. The molecule has 552 valence electrons. The van der Waals surface area contributed by atoms with E-state index in [2.05, 4.69) is 47.6 Å². The molecule has 11 aliphatic rings. The number of ether oxygens (including phenoxy) is 12. The number of fused-ring (bicyclic) bond motifs is 7. The molecule has 6 saturated heterocycles. The van der Waals surface area contributed by atoms with Gasteiger partial charge in [0, 0.05) is 5.41 Å². The number of allylic oxidation sites excluding steroid dienone is 1. The van der Waals surface area contributed by atoms with Gasteiger partial charge in [0.05, 0.1) is 56.8 Å². The van der Waals surface area contributed by atoms with Gasteiger partial charge in [-0.15, -0.1) is 0 Å². The second kappa shape index (κ2) is 28.3. The van der Waals surface area contributed by atoms with E-state index >= 15 is 4.79 Å². The van der Waals surface area contributed by atoms with Gasteiger partial charge in [0.15, 0.2) is 31.5 Å². The lowest BCUT2D eigenvalue weighted by Gasteiger charge is -2.71. The van der Waals surface area contributed by atoms with Crippen LogP contribution in [-0.4, -0.2) is 315 Å². The Labute approximate surface area is 556 Å². The largest absolute Gasteiger partial charge is 0.432 e. The standard InChI is InChI=1S/C65H106O31/c1-25-36(69)41(74)46(79)54(87-25)94-51-30(21-67)90-53(50(83)45(51)78)85-22-31-39(72)44(77)49(82)57(91-31)96-59(84)64-16-15-60(3,4)19-28(64)27-9-10-34-62(7)13-12-35(61(5,6)33(62)11-14-63(34,8)65(27,24-68)18-17-64)93-58-52(95-55-47(80)42(75)37(70)26(2)88-55)40(73)32(23-86-58)92-56-48(81)43(76)38(71)29(20-66)89-56/h9,25-26,28-58,66-83H,10-24H2,1-8H3. The smallest absolute Gasteiger partial charge is 0.315 e. The molecule has 37 atom stereocenters. The van der Waals surface area contributed by atoms with E-state index in [1.807, 2.05) is 0 Å². The Balaban J connectivity index is 0.788. The van der Waals surface area contributed by atoms with Gasteiger partial charge >= 0.3 is 5.97 Å². The summed E-state index contributed by atoms with van der Waals surface area (Å²) >= 11 is 0. The van der Waals surface area contributed by atoms with Crippen molar-refractivity contribution in [2.45, 2.75) is 304 Å². The minimum Gasteiger partial charge on any atom is -0.432 e. The molecule has 18 N–H and O–H groups in total. The summed E-state index contributed by atoms with van der Waals surface area (Å²) in [6.07, 6.45) is -40.2. The van der Waals surface area contributed by atoms with Crippen molar-refractivity contribution in [1.82, 2.24) is 0 Å². The molecule has 0 spiro atoms. The van der Waals surface area contributed by atoms with Crippen molar-refractivity contribution in [2.24, 2.45) is 50.2 Å². The second-order valence-electron chi connectivity index (χ2n) is 31.4. The van der Waals surface area contributed by atoms with E-state index in [0.717, 1.165) is 5.57 Å². The fraction of sp³-hybridized carbons (Fsp3) is 0.954. The first kappa shape index (κ1) is 75.2. The number of aliphatic hydroxyl groups excluding tert-OH is 18. The van der Waals surface area contributed by atoms with Crippen LogP contribution >= 0.6 is 0 Å². The summed E-state index contributed by atoms with van der Waals surface area (Å²) in [5.41, 5.74) is -2.81. The van der Waals surface area contributed by atoms with Gasteiger partial charge in [-0.1, -0.05) is 53.2 Å². The molecule has 0 aromatic carbocycles. The number of rotatable bonds is 16. The summed E-state index contributed by atoms with van der Waals surface area (Å²) < 4.78 is 71.9. The van der Waals surface area contributed by atoms with Crippen LogP contribution in [0.25, 0.3) is 0 Å². The molecular formula is C65H106O31. The number of carbonyl (C=O) groups is 1. The molecule has 31 heteroatoms. The summed E-state index contributed by atoms with van der Waals surface area (Å²) in [5, 5.41) is 196. The van der Waals surface area contributed by atoms with Crippen molar-refractivity contribution >= 4 is 5.97 Å². The average molecular weight is 1380 g/mol. The van der Waals surface area contributed by atoms with Crippen LogP contribution in [0.15, 0.2) is 11.6 Å². The maximum Gasteiger partial charge on any atom is 0.315 e. The third kappa shape index (κ3) is 12.8. The Hall–Kier alpha value is -1.95.